The van der Waals surface area contributed by atoms with Crippen LogP contribution in [0.3, 0.4) is 0 Å². The fourth-order valence-corrected chi connectivity index (χ4v) is 3.65. The summed E-state index contributed by atoms with van der Waals surface area (Å²) in [5.74, 6) is 1.71. The van der Waals surface area contributed by atoms with Crippen molar-refractivity contribution in [3.05, 3.63) is 24.2 Å². The molecule has 2 aromatic heterocycles. The van der Waals surface area contributed by atoms with Crippen LogP contribution in [0.25, 0.3) is 11.2 Å². The molecule has 2 aliphatic rings. The first kappa shape index (κ1) is 15.1. The Morgan fingerprint density at radius 2 is 2.17 bits per heavy atom. The van der Waals surface area contributed by atoms with Gasteiger partial charge in [-0.1, -0.05) is 0 Å². The predicted molar refractivity (Wildman–Crippen MR) is 89.6 cm³/mol. The molecular formula is C17H25N5O. The van der Waals surface area contributed by atoms with Crippen molar-refractivity contribution in [2.45, 2.75) is 25.3 Å². The lowest BCUT2D eigenvalue weighted by Crippen LogP contribution is -2.38. The Balaban J connectivity index is 1.59. The minimum Gasteiger partial charge on any atom is -0.379 e. The van der Waals surface area contributed by atoms with Crippen LogP contribution in [0.4, 0.5) is 0 Å². The zero-order valence-corrected chi connectivity index (χ0v) is 13.6. The number of nitrogens with zero attached hydrogens (tertiary/aromatic N) is 4. The number of imidazole rings is 1. The summed E-state index contributed by atoms with van der Waals surface area (Å²) in [4.78, 5) is 12.0. The lowest BCUT2D eigenvalue weighted by Gasteiger charge is -2.28. The van der Waals surface area contributed by atoms with E-state index in [1.54, 1.807) is 0 Å². The molecule has 4 heterocycles. The summed E-state index contributed by atoms with van der Waals surface area (Å²) >= 11 is 0. The van der Waals surface area contributed by atoms with Gasteiger partial charge in [0, 0.05) is 44.8 Å². The number of hydrogen-bond donors (Lipinski definition) is 1. The van der Waals surface area contributed by atoms with Crippen molar-refractivity contribution in [1.29, 1.82) is 0 Å². The topological polar surface area (TPSA) is 55.2 Å². The van der Waals surface area contributed by atoms with Gasteiger partial charge in [0.2, 0.25) is 0 Å². The van der Waals surface area contributed by atoms with E-state index in [2.05, 4.69) is 25.8 Å². The zero-order valence-electron chi connectivity index (χ0n) is 13.6. The van der Waals surface area contributed by atoms with Crippen LogP contribution in [0.5, 0.6) is 0 Å². The molecule has 0 amide bonds. The third-order valence-electron chi connectivity index (χ3n) is 4.94. The van der Waals surface area contributed by atoms with Gasteiger partial charge in [0.15, 0.2) is 5.65 Å². The minimum atomic E-state index is 0.502. The van der Waals surface area contributed by atoms with E-state index in [0.29, 0.717) is 5.92 Å². The summed E-state index contributed by atoms with van der Waals surface area (Å²) in [5.41, 5.74) is 2.05. The molecule has 0 radical (unpaired) electrons. The number of pyridine rings is 1. The molecule has 1 atom stereocenters. The molecule has 0 saturated carbocycles. The summed E-state index contributed by atoms with van der Waals surface area (Å²) in [7, 11) is 0. The lowest BCUT2D eigenvalue weighted by atomic mass is 9.99. The van der Waals surface area contributed by atoms with Crippen LogP contribution in [-0.2, 0) is 11.3 Å². The molecule has 0 bridgehead atoms. The normalized spacial score (nSPS) is 23.4. The molecule has 2 aromatic rings. The van der Waals surface area contributed by atoms with E-state index in [1.807, 2.05) is 12.3 Å². The predicted octanol–water partition coefficient (Wildman–Crippen LogP) is 1.23. The third kappa shape index (κ3) is 3.24. The molecule has 4 rings (SSSR count). The molecule has 2 fully saturated rings. The second-order valence-electron chi connectivity index (χ2n) is 6.47. The van der Waals surface area contributed by atoms with Crippen LogP contribution in [0.1, 0.15) is 24.6 Å². The van der Waals surface area contributed by atoms with Crippen LogP contribution in [-0.4, -0.2) is 65.4 Å². The molecule has 23 heavy (non-hydrogen) atoms. The Kier molecular flexibility index (Phi) is 4.55. The largest absolute Gasteiger partial charge is 0.379 e. The van der Waals surface area contributed by atoms with Crippen LogP contribution in [0.15, 0.2) is 18.3 Å². The molecule has 0 aromatic carbocycles. The standard InChI is InChI=1S/C17H25N5O/c1-3-14(13-18-5-1)16-20-15-4-2-6-19-17(15)22(16)8-7-21-9-11-23-12-10-21/h2,4,6,14,18H,1,3,5,7-13H2. The number of rotatable bonds is 4. The summed E-state index contributed by atoms with van der Waals surface area (Å²) in [6, 6.07) is 4.05. The van der Waals surface area contributed by atoms with E-state index in [0.717, 1.165) is 63.6 Å². The fraction of sp³-hybridized carbons (Fsp3) is 0.647. The summed E-state index contributed by atoms with van der Waals surface area (Å²) in [6.45, 7) is 7.91. The Morgan fingerprint density at radius 3 is 3.00 bits per heavy atom. The van der Waals surface area contributed by atoms with Gasteiger partial charge >= 0.3 is 0 Å². The smallest absolute Gasteiger partial charge is 0.160 e. The first-order chi connectivity index (χ1) is 11.4. The van der Waals surface area contributed by atoms with Crippen molar-refractivity contribution in [3.63, 3.8) is 0 Å². The molecule has 6 heteroatoms. The highest BCUT2D eigenvalue weighted by molar-refractivity contribution is 5.71. The van der Waals surface area contributed by atoms with E-state index in [-0.39, 0.29) is 0 Å². The fourth-order valence-electron chi connectivity index (χ4n) is 3.65. The van der Waals surface area contributed by atoms with Gasteiger partial charge in [-0.25, -0.2) is 9.97 Å². The first-order valence-electron chi connectivity index (χ1n) is 8.74. The lowest BCUT2D eigenvalue weighted by molar-refractivity contribution is 0.0364. The monoisotopic (exact) mass is 315 g/mol. The number of aromatic nitrogens is 3. The van der Waals surface area contributed by atoms with E-state index >= 15 is 0 Å². The van der Waals surface area contributed by atoms with Gasteiger partial charge in [0.1, 0.15) is 11.3 Å². The Morgan fingerprint density at radius 1 is 1.26 bits per heavy atom. The molecule has 2 aliphatic heterocycles. The van der Waals surface area contributed by atoms with Gasteiger partial charge in [-0.2, -0.15) is 0 Å². The molecular weight excluding hydrogens is 290 g/mol. The Hall–Kier alpha value is -1.50. The number of fused-ring (bicyclic) bond motifs is 1. The Labute approximate surface area is 136 Å². The highest BCUT2D eigenvalue weighted by Gasteiger charge is 2.23. The van der Waals surface area contributed by atoms with Crippen molar-refractivity contribution in [2.24, 2.45) is 0 Å². The van der Waals surface area contributed by atoms with Crippen LogP contribution in [0, 0.1) is 0 Å². The first-order valence-corrected chi connectivity index (χ1v) is 8.74. The number of morpholine rings is 1. The van der Waals surface area contributed by atoms with Gasteiger partial charge in [-0.15, -0.1) is 0 Å². The maximum absolute atomic E-state index is 5.44. The third-order valence-corrected chi connectivity index (χ3v) is 4.94. The van der Waals surface area contributed by atoms with Gasteiger partial charge in [0.05, 0.1) is 13.2 Å². The molecule has 2 saturated heterocycles. The van der Waals surface area contributed by atoms with Crippen molar-refractivity contribution >= 4 is 11.2 Å². The van der Waals surface area contributed by atoms with Gasteiger partial charge in [0.25, 0.3) is 0 Å². The van der Waals surface area contributed by atoms with Crippen LogP contribution in [0.2, 0.25) is 0 Å². The molecule has 124 valence electrons. The van der Waals surface area contributed by atoms with Crippen LogP contribution < -0.4 is 5.32 Å². The summed E-state index contributed by atoms with van der Waals surface area (Å²) in [5, 5.41) is 3.51. The van der Waals surface area contributed by atoms with Crippen LogP contribution >= 0.6 is 0 Å². The van der Waals surface area contributed by atoms with E-state index in [9.17, 15) is 0 Å². The van der Waals surface area contributed by atoms with Gasteiger partial charge < -0.3 is 14.6 Å². The molecule has 1 unspecified atom stereocenters. The van der Waals surface area contributed by atoms with Crippen molar-refractivity contribution in [2.75, 3.05) is 45.9 Å². The number of piperidine rings is 1. The highest BCUT2D eigenvalue weighted by Crippen LogP contribution is 2.25. The second kappa shape index (κ2) is 6.95. The maximum Gasteiger partial charge on any atom is 0.160 e. The Bertz CT molecular complexity index is 643. The van der Waals surface area contributed by atoms with Crippen molar-refractivity contribution in [3.8, 4) is 0 Å². The zero-order chi connectivity index (χ0) is 15.5. The molecule has 1 N–H and O–H groups in total. The minimum absolute atomic E-state index is 0.502. The summed E-state index contributed by atoms with van der Waals surface area (Å²) < 4.78 is 7.79. The van der Waals surface area contributed by atoms with Gasteiger partial charge in [-0.3, -0.25) is 4.90 Å². The average Bonchev–Trinajstić information content (AvgIpc) is 3.00. The number of hydrogen-bond acceptors (Lipinski definition) is 5. The second-order valence-corrected chi connectivity index (χ2v) is 6.47. The average molecular weight is 315 g/mol. The molecule has 0 aliphatic carbocycles. The summed E-state index contributed by atoms with van der Waals surface area (Å²) in [6.07, 6.45) is 4.32. The molecule has 6 nitrogen and oxygen atoms in total. The maximum atomic E-state index is 5.44. The molecule has 0 spiro atoms. The van der Waals surface area contributed by atoms with Gasteiger partial charge in [-0.05, 0) is 31.5 Å². The number of nitrogens with one attached hydrogen (secondary N) is 1. The van der Waals surface area contributed by atoms with E-state index in [1.165, 1.54) is 18.7 Å². The quantitative estimate of drug-likeness (QED) is 0.920. The van der Waals surface area contributed by atoms with Crippen molar-refractivity contribution in [1.82, 2.24) is 24.8 Å². The highest BCUT2D eigenvalue weighted by atomic mass is 16.5. The van der Waals surface area contributed by atoms with Crippen molar-refractivity contribution < 1.29 is 4.74 Å². The van der Waals surface area contributed by atoms with E-state index < -0.39 is 0 Å². The number of ether oxygens (including phenoxy) is 1. The van der Waals surface area contributed by atoms with E-state index in [4.69, 9.17) is 9.72 Å². The SMILES string of the molecule is c1cnc2c(c1)nc(C1CCCNC1)n2CCN1CCOCC1.